The van der Waals surface area contributed by atoms with Gasteiger partial charge in [0, 0.05) is 22.9 Å². The second-order valence-electron chi connectivity index (χ2n) is 7.30. The van der Waals surface area contributed by atoms with E-state index in [1.165, 1.54) is 5.56 Å². The smallest absolute Gasteiger partial charge is 0.221 e. The summed E-state index contributed by atoms with van der Waals surface area (Å²) in [4.78, 5) is 12.5. The summed E-state index contributed by atoms with van der Waals surface area (Å²) < 4.78 is 25.8. The van der Waals surface area contributed by atoms with Crippen molar-refractivity contribution in [3.05, 3.63) is 64.1 Å². The number of hydrogen-bond acceptors (Lipinski definition) is 3. The number of aryl methyl sites for hydroxylation is 1. The zero-order chi connectivity index (χ0) is 19.5. The van der Waals surface area contributed by atoms with Gasteiger partial charge in [-0.05, 0) is 49.6 Å². The lowest BCUT2D eigenvalue weighted by Crippen LogP contribution is -2.45. The zero-order valence-corrected chi connectivity index (χ0v) is 17.8. The van der Waals surface area contributed by atoms with Crippen molar-refractivity contribution in [2.75, 3.05) is 12.3 Å². The fraction of sp³-hybridized carbons (Fsp3) is 0.381. The molecule has 1 aliphatic rings. The second-order valence-corrected chi connectivity index (χ2v) is 10.3. The van der Waals surface area contributed by atoms with Crippen LogP contribution in [-0.4, -0.2) is 26.6 Å². The molecule has 0 heterocycles. The van der Waals surface area contributed by atoms with E-state index in [9.17, 15) is 13.2 Å². The van der Waals surface area contributed by atoms with Gasteiger partial charge in [-0.15, -0.1) is 0 Å². The maximum absolute atomic E-state index is 12.4. The summed E-state index contributed by atoms with van der Waals surface area (Å²) in [5.41, 5.74) is 2.19. The molecule has 2 aromatic carbocycles. The van der Waals surface area contributed by atoms with Gasteiger partial charge in [-0.3, -0.25) is 4.79 Å². The van der Waals surface area contributed by atoms with Crippen LogP contribution in [0.1, 0.15) is 36.8 Å². The summed E-state index contributed by atoms with van der Waals surface area (Å²) in [6.07, 6.45) is 3.19. The van der Waals surface area contributed by atoms with Gasteiger partial charge in [0.05, 0.1) is 10.6 Å². The molecule has 6 heteroatoms. The zero-order valence-electron chi connectivity index (χ0n) is 15.4. The van der Waals surface area contributed by atoms with Gasteiger partial charge in [-0.1, -0.05) is 52.2 Å². The van der Waals surface area contributed by atoms with Gasteiger partial charge in [0.2, 0.25) is 5.91 Å². The Morgan fingerprint density at radius 1 is 1.15 bits per heavy atom. The molecular weight excluding hydrogens is 426 g/mol. The Morgan fingerprint density at radius 3 is 2.44 bits per heavy atom. The van der Waals surface area contributed by atoms with Gasteiger partial charge in [0.15, 0.2) is 9.84 Å². The van der Waals surface area contributed by atoms with Crippen molar-refractivity contribution in [1.29, 1.82) is 0 Å². The average Bonchev–Trinajstić information content (AvgIpc) is 2.60. The van der Waals surface area contributed by atoms with E-state index in [1.54, 1.807) is 24.3 Å². The lowest BCUT2D eigenvalue weighted by molar-refractivity contribution is -0.121. The Morgan fingerprint density at radius 2 is 1.85 bits per heavy atom. The van der Waals surface area contributed by atoms with Gasteiger partial charge in [0.25, 0.3) is 0 Å². The molecule has 0 aromatic heterocycles. The Labute approximate surface area is 169 Å². The highest BCUT2D eigenvalue weighted by Crippen LogP contribution is 2.43. The third kappa shape index (κ3) is 4.79. The lowest BCUT2D eigenvalue weighted by Gasteiger charge is -2.42. The van der Waals surface area contributed by atoms with Crippen LogP contribution in [0.25, 0.3) is 0 Å². The van der Waals surface area contributed by atoms with E-state index in [-0.39, 0.29) is 28.4 Å². The van der Waals surface area contributed by atoms with Crippen LogP contribution >= 0.6 is 15.9 Å². The molecule has 144 valence electrons. The molecule has 0 saturated heterocycles. The number of rotatable bonds is 7. The van der Waals surface area contributed by atoms with E-state index >= 15 is 0 Å². The number of carbonyl (C=O) groups excluding carboxylic acids is 1. The van der Waals surface area contributed by atoms with Gasteiger partial charge in [-0.25, -0.2) is 8.42 Å². The highest BCUT2D eigenvalue weighted by atomic mass is 79.9. The van der Waals surface area contributed by atoms with E-state index in [0.717, 1.165) is 29.3 Å². The van der Waals surface area contributed by atoms with Crippen molar-refractivity contribution in [3.8, 4) is 0 Å². The van der Waals surface area contributed by atoms with Crippen molar-refractivity contribution in [2.24, 2.45) is 0 Å². The minimum atomic E-state index is -3.44. The van der Waals surface area contributed by atoms with E-state index in [4.69, 9.17) is 0 Å². The molecular formula is C21H24BrNO3S. The van der Waals surface area contributed by atoms with E-state index in [0.29, 0.717) is 6.54 Å². The van der Waals surface area contributed by atoms with Crippen LogP contribution < -0.4 is 5.32 Å². The monoisotopic (exact) mass is 449 g/mol. The normalized spacial score (nSPS) is 15.8. The van der Waals surface area contributed by atoms with Gasteiger partial charge >= 0.3 is 0 Å². The molecule has 27 heavy (non-hydrogen) atoms. The quantitative estimate of drug-likeness (QED) is 0.689. The fourth-order valence-electron chi connectivity index (χ4n) is 3.44. The Bertz CT molecular complexity index is 919. The van der Waals surface area contributed by atoms with Crippen LogP contribution in [0.15, 0.2) is 57.9 Å². The number of hydrogen-bond donors (Lipinski definition) is 1. The second kappa shape index (κ2) is 8.15. The van der Waals surface area contributed by atoms with Gasteiger partial charge in [-0.2, -0.15) is 0 Å². The number of nitrogens with one attached hydrogen (secondary N) is 1. The number of sulfone groups is 1. The average molecular weight is 450 g/mol. The van der Waals surface area contributed by atoms with Crippen molar-refractivity contribution in [3.63, 3.8) is 0 Å². The first-order chi connectivity index (χ1) is 12.8. The summed E-state index contributed by atoms with van der Waals surface area (Å²) in [7, 11) is -3.44. The molecule has 4 nitrogen and oxygen atoms in total. The molecule has 1 N–H and O–H groups in total. The van der Waals surface area contributed by atoms with E-state index in [2.05, 4.69) is 33.4 Å². The minimum absolute atomic E-state index is 0.0230. The van der Waals surface area contributed by atoms with Gasteiger partial charge in [0.1, 0.15) is 0 Å². The summed E-state index contributed by atoms with van der Waals surface area (Å²) in [6, 6.07) is 14.9. The maximum Gasteiger partial charge on any atom is 0.221 e. The maximum atomic E-state index is 12.4. The van der Waals surface area contributed by atoms with E-state index in [1.807, 2.05) is 19.1 Å². The predicted octanol–water partition coefficient (Wildman–Crippen LogP) is 4.16. The first-order valence-electron chi connectivity index (χ1n) is 9.13. The SMILES string of the molecule is Cc1ccc(S(=O)(=O)CCC(=O)NCC2(c3cccc(Br)c3)CCC2)cc1. The number of amides is 1. The summed E-state index contributed by atoms with van der Waals surface area (Å²) in [5.74, 6) is -0.391. The van der Waals surface area contributed by atoms with Crippen LogP contribution in [-0.2, 0) is 20.0 Å². The largest absolute Gasteiger partial charge is 0.355 e. The van der Waals surface area contributed by atoms with Crippen LogP contribution in [0.2, 0.25) is 0 Å². The van der Waals surface area contributed by atoms with Crippen LogP contribution in [0.5, 0.6) is 0 Å². The number of carbonyl (C=O) groups is 1. The molecule has 3 rings (SSSR count). The fourth-order valence-corrected chi connectivity index (χ4v) is 5.08. The summed E-state index contributed by atoms with van der Waals surface area (Å²) >= 11 is 3.51. The number of benzene rings is 2. The molecule has 0 unspecified atom stereocenters. The van der Waals surface area contributed by atoms with Crippen molar-refractivity contribution in [2.45, 2.75) is 42.9 Å². The van der Waals surface area contributed by atoms with Crippen LogP contribution in [0, 0.1) is 6.92 Å². The molecule has 1 saturated carbocycles. The Hall–Kier alpha value is -1.66. The highest BCUT2D eigenvalue weighted by Gasteiger charge is 2.38. The highest BCUT2D eigenvalue weighted by molar-refractivity contribution is 9.10. The summed E-state index contributed by atoms with van der Waals surface area (Å²) in [6.45, 7) is 2.46. The lowest BCUT2D eigenvalue weighted by atomic mass is 9.64. The predicted molar refractivity (Wildman–Crippen MR) is 111 cm³/mol. The van der Waals surface area contributed by atoms with Crippen molar-refractivity contribution >= 4 is 31.7 Å². The first-order valence-corrected chi connectivity index (χ1v) is 11.6. The third-order valence-electron chi connectivity index (χ3n) is 5.35. The summed E-state index contributed by atoms with van der Waals surface area (Å²) in [5, 5.41) is 2.96. The van der Waals surface area contributed by atoms with Gasteiger partial charge < -0.3 is 5.32 Å². The minimum Gasteiger partial charge on any atom is -0.355 e. The topological polar surface area (TPSA) is 63.2 Å². The molecule has 0 spiro atoms. The number of halogens is 1. The molecule has 0 bridgehead atoms. The molecule has 2 aromatic rings. The molecule has 1 amide bonds. The Balaban J connectivity index is 1.57. The molecule has 0 atom stereocenters. The Kier molecular flexibility index (Phi) is 6.06. The molecule has 1 aliphatic carbocycles. The first kappa shape index (κ1) is 20.1. The van der Waals surface area contributed by atoms with Crippen molar-refractivity contribution in [1.82, 2.24) is 5.32 Å². The van der Waals surface area contributed by atoms with Crippen LogP contribution in [0.3, 0.4) is 0 Å². The molecule has 0 radical (unpaired) electrons. The molecule has 0 aliphatic heterocycles. The standard InChI is InChI=1S/C21H24BrNO3S/c1-16-6-8-19(9-7-16)27(25,26)13-10-20(24)23-15-21(11-3-12-21)17-4-2-5-18(22)14-17/h2,4-9,14H,3,10-13,15H2,1H3,(H,23,24). The van der Waals surface area contributed by atoms with Crippen LogP contribution in [0.4, 0.5) is 0 Å². The van der Waals surface area contributed by atoms with Crippen molar-refractivity contribution < 1.29 is 13.2 Å². The molecule has 1 fully saturated rings. The third-order valence-corrected chi connectivity index (χ3v) is 7.57. The van der Waals surface area contributed by atoms with E-state index < -0.39 is 9.84 Å².